The Labute approximate surface area is 503 Å². The number of hydrogen-bond acceptors (Lipinski definition) is 13. The molecule has 0 radical (unpaired) electrons. The molecule has 20 heteroatoms. The van der Waals surface area contributed by atoms with Gasteiger partial charge in [0.2, 0.25) is 11.8 Å². The van der Waals surface area contributed by atoms with Crippen LogP contribution in [0.4, 0.5) is 17.1 Å². The molecule has 1 aromatic heterocycles. The fourth-order valence-electron chi connectivity index (χ4n) is 10.1. The van der Waals surface area contributed by atoms with Gasteiger partial charge in [0, 0.05) is 53.8 Å². The number of amides is 5. The minimum Gasteiger partial charge on any atom is -0.545 e. The molecular weight excluding hydrogens is 1080 g/mol. The Kier molecular flexibility index (Phi) is 22.6. The molecule has 6 aromatic rings. The minimum atomic E-state index is -1.44. The molecule has 0 saturated heterocycles. The van der Waals surface area contributed by atoms with Gasteiger partial charge in [0.15, 0.2) is 12.4 Å². The molecule has 5 aromatic carbocycles. The first-order valence-corrected chi connectivity index (χ1v) is 27.3. The van der Waals surface area contributed by atoms with Gasteiger partial charge in [-0.15, -0.1) is 0 Å². The number of nitrogens with one attached hydrogen (secondary N) is 5. The van der Waals surface area contributed by atoms with Crippen LogP contribution in [0.15, 0.2) is 109 Å². The predicted octanol–water partition coefficient (Wildman–Crippen LogP) is 5.85. The second kappa shape index (κ2) is 29.9. The van der Waals surface area contributed by atoms with Crippen LogP contribution in [0.1, 0.15) is 115 Å². The number of carboxylic acids is 1. The van der Waals surface area contributed by atoms with E-state index in [-0.39, 0.29) is 87.8 Å². The molecule has 5 N–H and O–H groups in total. The maximum Gasteiger partial charge on any atom is 1.00 e. The van der Waals surface area contributed by atoms with Gasteiger partial charge >= 0.3 is 29.6 Å². The Hall–Kier alpha value is -7.61. The Morgan fingerprint density at radius 2 is 1.37 bits per heavy atom. The molecular formula is C62H64ClN6NaO12. The molecule has 82 heavy (non-hydrogen) atoms. The van der Waals surface area contributed by atoms with E-state index in [1.54, 1.807) is 42.5 Å². The predicted molar refractivity (Wildman–Crippen MR) is 304 cm³/mol. The number of hydrogen-bond donors (Lipinski definition) is 5. The Balaban J connectivity index is 0.00000968. The normalized spacial score (nSPS) is 13.5. The Bertz CT molecular complexity index is 3320. The molecule has 1 fully saturated rings. The SMILES string of the molecule is COc1cc(NC(=O)c2ccccn2)ccc1NC(=O)c1ccc(NC(=O)COCC(=O)NCCCCCCNC(=O)COc2ccc(-c3cccc(COc4cc5c(c(C)c4C)C(=O)C(C4CCCC4)C5)c3)cc2C(=O)[O-])cc1Cl.[Na+]. The number of halogens is 1. The van der Waals surface area contributed by atoms with Crippen LogP contribution in [-0.2, 0) is 32.1 Å². The summed E-state index contributed by atoms with van der Waals surface area (Å²) in [6.45, 7) is 3.88. The number of fused-ring (bicyclic) bond motifs is 1. The van der Waals surface area contributed by atoms with E-state index in [4.69, 9.17) is 30.5 Å². The van der Waals surface area contributed by atoms with Crippen LogP contribution < -0.4 is 75.5 Å². The summed E-state index contributed by atoms with van der Waals surface area (Å²) in [6, 6.07) is 28.4. The van der Waals surface area contributed by atoms with Gasteiger partial charge in [0.05, 0.1) is 29.4 Å². The summed E-state index contributed by atoms with van der Waals surface area (Å²) < 4.78 is 22.7. The van der Waals surface area contributed by atoms with Gasteiger partial charge in [-0.1, -0.05) is 67.6 Å². The van der Waals surface area contributed by atoms with E-state index >= 15 is 0 Å². The molecule has 5 amide bonds. The van der Waals surface area contributed by atoms with Gasteiger partial charge in [-0.25, -0.2) is 0 Å². The molecule has 8 rings (SSSR count). The van der Waals surface area contributed by atoms with Crippen molar-refractivity contribution in [3.63, 3.8) is 0 Å². The van der Waals surface area contributed by atoms with Crippen LogP contribution in [0.25, 0.3) is 11.1 Å². The fraction of sp³-hybridized carbons (Fsp3) is 0.323. The molecule has 0 bridgehead atoms. The molecule has 2 aliphatic carbocycles. The van der Waals surface area contributed by atoms with Crippen LogP contribution in [0, 0.1) is 25.7 Å². The maximum absolute atomic E-state index is 13.5. The molecule has 0 aliphatic heterocycles. The van der Waals surface area contributed by atoms with Crippen molar-refractivity contribution < 1.29 is 87.2 Å². The van der Waals surface area contributed by atoms with E-state index in [1.165, 1.54) is 56.5 Å². The second-order valence-corrected chi connectivity index (χ2v) is 20.4. The summed E-state index contributed by atoms with van der Waals surface area (Å²) in [5, 5.41) is 25.9. The summed E-state index contributed by atoms with van der Waals surface area (Å²) in [5.74, 6) is -1.92. The van der Waals surface area contributed by atoms with Crippen molar-refractivity contribution >= 4 is 70.0 Å². The van der Waals surface area contributed by atoms with Gasteiger partial charge in [-0.3, -0.25) is 33.8 Å². The smallest absolute Gasteiger partial charge is 0.545 e. The quantitative estimate of drug-likeness (QED) is 0.0316. The number of carbonyl (C=O) groups excluding carboxylic acids is 7. The average Bonchev–Trinajstić information content (AvgIpc) is 4.35. The third kappa shape index (κ3) is 16.5. The summed E-state index contributed by atoms with van der Waals surface area (Å²) in [4.78, 5) is 92.9. The summed E-state index contributed by atoms with van der Waals surface area (Å²) in [6.07, 6.45) is 9.77. The summed E-state index contributed by atoms with van der Waals surface area (Å²) in [7, 11) is 1.42. The number of methoxy groups -OCH3 is 1. The number of rotatable bonds is 26. The molecule has 18 nitrogen and oxygen atoms in total. The number of pyridine rings is 1. The number of carbonyl (C=O) groups is 7. The Morgan fingerprint density at radius 3 is 2.07 bits per heavy atom. The first kappa shape index (κ1) is 62.0. The summed E-state index contributed by atoms with van der Waals surface area (Å²) >= 11 is 6.42. The van der Waals surface area contributed by atoms with Crippen LogP contribution in [0.3, 0.4) is 0 Å². The molecule has 1 heterocycles. The van der Waals surface area contributed by atoms with Crippen molar-refractivity contribution in [2.75, 3.05) is 56.0 Å². The number of ether oxygens (including phenoxy) is 4. The number of anilines is 3. The van der Waals surface area contributed by atoms with Crippen molar-refractivity contribution in [1.82, 2.24) is 15.6 Å². The van der Waals surface area contributed by atoms with Gasteiger partial charge in [0.25, 0.3) is 17.7 Å². The molecule has 2 aliphatic rings. The van der Waals surface area contributed by atoms with E-state index in [1.807, 2.05) is 44.2 Å². The second-order valence-electron chi connectivity index (χ2n) is 20.0. The van der Waals surface area contributed by atoms with E-state index in [0.717, 1.165) is 71.2 Å². The van der Waals surface area contributed by atoms with Crippen LogP contribution in [0.2, 0.25) is 5.02 Å². The van der Waals surface area contributed by atoms with Crippen molar-refractivity contribution in [3.8, 4) is 28.4 Å². The average molecular weight is 1140 g/mol. The minimum absolute atomic E-state index is 0. The van der Waals surface area contributed by atoms with E-state index in [0.29, 0.717) is 54.5 Å². The number of aromatic nitrogens is 1. The molecule has 1 unspecified atom stereocenters. The first-order valence-electron chi connectivity index (χ1n) is 27.0. The number of unbranched alkanes of at least 4 members (excludes halogenated alkanes) is 3. The number of Topliss-reactive ketones (excluding diaryl/α,β-unsaturated/α-hetero) is 1. The van der Waals surface area contributed by atoms with Gasteiger partial charge in [-0.05, 0) is 152 Å². The van der Waals surface area contributed by atoms with Crippen LogP contribution in [-0.4, -0.2) is 86.3 Å². The van der Waals surface area contributed by atoms with E-state index < -0.39 is 48.7 Å². The third-order valence-corrected chi connectivity index (χ3v) is 14.8. The first-order chi connectivity index (χ1) is 39.1. The fourth-order valence-corrected chi connectivity index (χ4v) is 10.4. The van der Waals surface area contributed by atoms with Crippen LogP contribution in [0.5, 0.6) is 17.2 Å². The van der Waals surface area contributed by atoms with Crippen molar-refractivity contribution in [1.29, 1.82) is 0 Å². The van der Waals surface area contributed by atoms with Gasteiger partial charge < -0.3 is 55.4 Å². The number of nitrogens with zero attached hydrogens (tertiary/aromatic N) is 1. The van der Waals surface area contributed by atoms with Crippen LogP contribution >= 0.6 is 11.6 Å². The van der Waals surface area contributed by atoms with E-state index in [9.17, 15) is 38.7 Å². The molecule has 0 spiro atoms. The number of aromatic carboxylic acids is 1. The largest absolute Gasteiger partial charge is 1.00 e. The number of benzene rings is 5. The van der Waals surface area contributed by atoms with Crippen molar-refractivity contribution in [2.24, 2.45) is 11.8 Å². The monoisotopic (exact) mass is 1140 g/mol. The van der Waals surface area contributed by atoms with Gasteiger partial charge in [0.1, 0.15) is 42.8 Å². The summed E-state index contributed by atoms with van der Waals surface area (Å²) in [5.41, 5.74) is 7.34. The zero-order valence-electron chi connectivity index (χ0n) is 46.4. The zero-order valence-corrected chi connectivity index (χ0v) is 49.1. The van der Waals surface area contributed by atoms with Gasteiger partial charge in [-0.2, -0.15) is 0 Å². The third-order valence-electron chi connectivity index (χ3n) is 14.5. The number of ketones is 1. The standard InChI is InChI=1S/C62H65ClN6O12.Na/c1-37-38(2)58-43(29-47(59(58)73)40-14-6-7-15-40)30-53(37)80-33-39-13-12-16-41(27-39)42-18-23-52(48(28-42)62(76)77)81-36-56(71)66-26-10-5-4-9-25-65-55(70)34-79-35-57(72)67-44-19-21-46(49(63)31-44)60(74)69-50-22-20-45(32-54(50)78-3)68-61(75)51-17-8-11-24-64-51;/h8,11-13,16-24,27-28,30-32,40,47H,4-7,9-10,14-15,25-26,29,33-36H2,1-3H3,(H,65,70)(H,66,71)(H,67,72)(H,68,75)(H,69,74)(H,76,77);/q;+1/p-1. The van der Waals surface area contributed by atoms with Crippen molar-refractivity contribution in [3.05, 3.63) is 159 Å². The molecule has 1 saturated carbocycles. The zero-order chi connectivity index (χ0) is 57.4. The molecule has 1 atom stereocenters. The maximum atomic E-state index is 13.5. The molecule has 422 valence electrons. The van der Waals surface area contributed by atoms with Crippen molar-refractivity contribution in [2.45, 2.75) is 78.2 Å². The van der Waals surface area contributed by atoms with E-state index in [2.05, 4.69) is 31.6 Å². The number of carboxylic acid groups (broad SMARTS) is 1. The Morgan fingerprint density at radius 1 is 0.659 bits per heavy atom. The topological polar surface area (TPSA) is 253 Å².